The van der Waals surface area contributed by atoms with Gasteiger partial charge in [-0.15, -0.1) is 0 Å². The molecular weight excluding hydrogens is 422 g/mol. The molecule has 3 N–H and O–H groups in total. The van der Waals surface area contributed by atoms with E-state index in [4.69, 9.17) is 0 Å². The van der Waals surface area contributed by atoms with Crippen LogP contribution in [0.2, 0.25) is 0 Å². The van der Waals surface area contributed by atoms with Gasteiger partial charge in [-0.05, 0) is 55.9 Å². The number of rotatable bonds is 4. The lowest BCUT2D eigenvalue weighted by Crippen LogP contribution is -2.99. The van der Waals surface area contributed by atoms with E-state index < -0.39 is 17.4 Å². The predicted molar refractivity (Wildman–Crippen MR) is 125 cm³/mol. The first-order chi connectivity index (χ1) is 15.4. The van der Waals surface area contributed by atoms with Gasteiger partial charge in [0.2, 0.25) is 17.4 Å². The first-order valence-corrected chi connectivity index (χ1v) is 13.4. The second-order valence-electron chi connectivity index (χ2n) is 10.1. The highest BCUT2D eigenvalue weighted by Crippen LogP contribution is 2.51. The lowest BCUT2D eigenvalue weighted by molar-refractivity contribution is -0.733. The van der Waals surface area contributed by atoms with Gasteiger partial charge < -0.3 is 10.6 Å². The summed E-state index contributed by atoms with van der Waals surface area (Å²) in [4.78, 5) is 43.1. The molecule has 0 aromatic heterocycles. The number of nitrogens with two attached hydrogens (primary N) is 1. The number of imide groups is 1. The van der Waals surface area contributed by atoms with Gasteiger partial charge >= 0.3 is 0 Å². The largest absolute Gasteiger partial charge is 0.326 e. The number of hydrogen-bond donors (Lipinski definition) is 2. The lowest BCUT2D eigenvalue weighted by atomic mass is 9.76. The lowest BCUT2D eigenvalue weighted by Gasteiger charge is -2.30. The molecule has 3 aliphatic heterocycles. The number of fused-ring (bicyclic) bond motifs is 4. The van der Waals surface area contributed by atoms with Gasteiger partial charge in [0, 0.05) is 18.0 Å². The smallest absolute Gasteiger partial charge is 0.291 e. The average Bonchev–Trinajstić information content (AvgIpc) is 3.24. The first-order valence-electron chi connectivity index (χ1n) is 12.1. The van der Waals surface area contributed by atoms with E-state index in [0.717, 1.165) is 60.2 Å². The van der Waals surface area contributed by atoms with E-state index in [2.05, 4.69) is 16.9 Å². The summed E-state index contributed by atoms with van der Waals surface area (Å²) in [5.41, 5.74) is 2.85. The Morgan fingerprint density at radius 3 is 2.50 bits per heavy atom. The van der Waals surface area contributed by atoms with Crippen molar-refractivity contribution in [1.29, 1.82) is 0 Å². The van der Waals surface area contributed by atoms with E-state index in [-0.39, 0.29) is 29.8 Å². The molecule has 4 aliphatic rings. The maximum absolute atomic E-state index is 14.0. The number of anilines is 1. The van der Waals surface area contributed by atoms with Gasteiger partial charge in [0.15, 0.2) is 0 Å². The highest BCUT2D eigenvalue weighted by Gasteiger charge is 2.74. The Morgan fingerprint density at radius 2 is 1.81 bits per heavy atom. The van der Waals surface area contributed by atoms with Crippen molar-refractivity contribution in [3.63, 3.8) is 0 Å². The molecular formula is C25H34N3O3S+. The summed E-state index contributed by atoms with van der Waals surface area (Å²) in [5.74, 6) is -0.407. The van der Waals surface area contributed by atoms with Crippen molar-refractivity contribution in [2.24, 2.45) is 11.8 Å². The number of benzene rings is 1. The molecule has 1 aromatic carbocycles. The molecule has 172 valence electrons. The number of quaternary nitrogens is 1. The summed E-state index contributed by atoms with van der Waals surface area (Å²) >= 11 is 1.75. The summed E-state index contributed by atoms with van der Waals surface area (Å²) in [6.45, 7) is 4.05. The number of likely N-dealkylation sites (tertiary alicyclic amines) is 1. The predicted octanol–water partition coefficient (Wildman–Crippen LogP) is 2.47. The van der Waals surface area contributed by atoms with E-state index >= 15 is 0 Å². The summed E-state index contributed by atoms with van der Waals surface area (Å²) < 4.78 is 0. The van der Waals surface area contributed by atoms with E-state index in [0.29, 0.717) is 0 Å². The number of nitrogens with zero attached hydrogens (tertiary/aromatic N) is 1. The molecule has 0 radical (unpaired) electrons. The van der Waals surface area contributed by atoms with Gasteiger partial charge in [0.05, 0.1) is 5.69 Å². The molecule has 3 fully saturated rings. The number of carbonyl (C=O) groups excluding carboxylic acids is 3. The molecule has 4 atom stereocenters. The molecule has 6 nitrogen and oxygen atoms in total. The zero-order valence-electron chi connectivity index (χ0n) is 19.3. The summed E-state index contributed by atoms with van der Waals surface area (Å²) in [5, 5.41) is 5.19. The Kier molecular flexibility index (Phi) is 5.61. The minimum absolute atomic E-state index is 0.00922. The second-order valence-corrected chi connectivity index (χ2v) is 11.0. The van der Waals surface area contributed by atoms with Crippen LogP contribution in [0.3, 0.4) is 0 Å². The molecule has 1 spiro atoms. The Hall–Kier alpha value is -1.86. The van der Waals surface area contributed by atoms with Crippen LogP contribution in [0.5, 0.6) is 0 Å². The minimum atomic E-state index is -1.03. The van der Waals surface area contributed by atoms with Gasteiger partial charge in [-0.2, -0.15) is 11.8 Å². The van der Waals surface area contributed by atoms with Crippen molar-refractivity contribution in [1.82, 2.24) is 4.90 Å². The number of thioether (sulfide) groups is 1. The van der Waals surface area contributed by atoms with Crippen LogP contribution >= 0.6 is 11.8 Å². The number of carbonyl (C=O) groups is 3. The highest BCUT2D eigenvalue weighted by molar-refractivity contribution is 7.98. The standard InChI is InChI=1S/C25H33N3O3S/c1-14-10-11-17-21(15(14)2)26-24(31)25(17)20-19(18(27-25)12-13-32-3)22(29)28(23(20)30)16-8-6-4-5-7-9-16/h10-11,16,18-20,27H,4-9,12-13H2,1-3H3,(H,26,31)/p+1/t18-,19+,20-,25-/m0/s1. The number of amides is 3. The third-order valence-corrected chi connectivity index (χ3v) is 9.10. The van der Waals surface area contributed by atoms with E-state index in [1.807, 2.05) is 26.0 Å². The van der Waals surface area contributed by atoms with Crippen LogP contribution in [-0.4, -0.2) is 46.7 Å². The summed E-state index contributed by atoms with van der Waals surface area (Å²) in [6.07, 6.45) is 9.12. The van der Waals surface area contributed by atoms with Crippen molar-refractivity contribution in [2.45, 2.75) is 76.4 Å². The van der Waals surface area contributed by atoms with Crippen molar-refractivity contribution in [3.05, 3.63) is 28.8 Å². The van der Waals surface area contributed by atoms with Gasteiger partial charge in [0.25, 0.3) is 5.91 Å². The molecule has 0 unspecified atom stereocenters. The summed E-state index contributed by atoms with van der Waals surface area (Å²) in [7, 11) is 0. The van der Waals surface area contributed by atoms with Gasteiger partial charge in [-0.1, -0.05) is 31.7 Å². The molecule has 1 aromatic rings. The molecule has 0 bridgehead atoms. The fourth-order valence-electron chi connectivity index (χ4n) is 6.70. The van der Waals surface area contributed by atoms with Crippen LogP contribution in [0, 0.1) is 25.7 Å². The van der Waals surface area contributed by atoms with Gasteiger partial charge in [-0.3, -0.25) is 19.3 Å². The molecule has 5 rings (SSSR count). The molecule has 2 saturated heterocycles. The Labute approximate surface area is 194 Å². The monoisotopic (exact) mass is 456 g/mol. The molecule has 1 aliphatic carbocycles. The fraction of sp³-hybridized carbons (Fsp3) is 0.640. The Balaban J connectivity index is 1.61. The van der Waals surface area contributed by atoms with Crippen LogP contribution in [0.15, 0.2) is 12.1 Å². The molecule has 3 heterocycles. The van der Waals surface area contributed by atoms with Gasteiger partial charge in [-0.25, -0.2) is 0 Å². The normalized spacial score (nSPS) is 32.4. The van der Waals surface area contributed by atoms with Crippen molar-refractivity contribution in [2.75, 3.05) is 17.3 Å². The highest BCUT2D eigenvalue weighted by atomic mass is 32.2. The third kappa shape index (κ3) is 3.00. The average molecular weight is 457 g/mol. The Morgan fingerprint density at radius 1 is 1.09 bits per heavy atom. The fourth-order valence-corrected chi connectivity index (χ4v) is 7.20. The maximum Gasteiger partial charge on any atom is 0.291 e. The van der Waals surface area contributed by atoms with E-state index in [1.54, 1.807) is 16.7 Å². The van der Waals surface area contributed by atoms with Crippen LogP contribution < -0.4 is 10.6 Å². The van der Waals surface area contributed by atoms with E-state index in [9.17, 15) is 14.4 Å². The van der Waals surface area contributed by atoms with Gasteiger partial charge in [0.1, 0.15) is 17.9 Å². The maximum atomic E-state index is 14.0. The molecule has 7 heteroatoms. The van der Waals surface area contributed by atoms with Crippen LogP contribution in [0.25, 0.3) is 0 Å². The SMILES string of the molecule is CSCC[C@@H]1[NH2+][C@]2(C(=O)Nc3c2ccc(C)c3C)[C@@H]2C(=O)N(C3CCCCCC3)C(=O)[C@H]12. The topological polar surface area (TPSA) is 83.1 Å². The second kappa shape index (κ2) is 8.17. The first kappa shape index (κ1) is 22.0. The zero-order valence-corrected chi connectivity index (χ0v) is 20.1. The number of hydrogen-bond acceptors (Lipinski definition) is 4. The van der Waals surface area contributed by atoms with Crippen LogP contribution in [-0.2, 0) is 19.9 Å². The van der Waals surface area contributed by atoms with Crippen LogP contribution in [0.4, 0.5) is 5.69 Å². The molecule has 3 amide bonds. The van der Waals surface area contributed by atoms with Crippen molar-refractivity contribution in [3.8, 4) is 0 Å². The summed E-state index contributed by atoms with van der Waals surface area (Å²) in [6, 6.07) is 3.98. The van der Waals surface area contributed by atoms with Crippen LogP contribution in [0.1, 0.15) is 61.6 Å². The quantitative estimate of drug-likeness (QED) is 0.539. The van der Waals surface area contributed by atoms with Crippen molar-refractivity contribution < 1.29 is 19.7 Å². The van der Waals surface area contributed by atoms with Crippen molar-refractivity contribution >= 4 is 35.2 Å². The number of nitrogens with one attached hydrogen (secondary N) is 1. The third-order valence-electron chi connectivity index (χ3n) is 8.45. The number of aryl methyl sites for hydroxylation is 1. The van der Waals surface area contributed by atoms with E-state index in [1.165, 1.54) is 12.8 Å². The minimum Gasteiger partial charge on any atom is -0.326 e. The molecule has 1 saturated carbocycles. The Bertz CT molecular complexity index is 971. The zero-order chi connectivity index (χ0) is 22.6. The molecule has 32 heavy (non-hydrogen) atoms.